The van der Waals surface area contributed by atoms with Crippen molar-refractivity contribution >= 4 is 11.8 Å². The maximum atomic E-state index is 12.1. The normalized spacial score (nSPS) is 11.7. The second-order valence-electron chi connectivity index (χ2n) is 6.25. The Kier molecular flexibility index (Phi) is 7.14. The van der Waals surface area contributed by atoms with Crippen molar-refractivity contribution in [2.45, 2.75) is 32.8 Å². The molecule has 1 aromatic carbocycles. The second-order valence-corrected chi connectivity index (χ2v) is 6.25. The van der Waals surface area contributed by atoms with Gasteiger partial charge in [0.05, 0.1) is 0 Å². The molecule has 1 atom stereocenters. The first-order valence-corrected chi connectivity index (χ1v) is 8.71. The van der Waals surface area contributed by atoms with Crippen molar-refractivity contribution < 1.29 is 14.3 Å². The first kappa shape index (κ1) is 19.4. The van der Waals surface area contributed by atoms with Crippen LogP contribution in [0.1, 0.15) is 42.7 Å². The van der Waals surface area contributed by atoms with Gasteiger partial charge in [0, 0.05) is 19.3 Å². The summed E-state index contributed by atoms with van der Waals surface area (Å²) in [5.74, 6) is 0.603. The monoisotopic (exact) mass is 355 g/mol. The quantitative estimate of drug-likeness (QED) is 0.713. The maximum absolute atomic E-state index is 12.1. The van der Waals surface area contributed by atoms with Crippen LogP contribution in [0.2, 0.25) is 0 Å². The van der Waals surface area contributed by atoms with Gasteiger partial charge in [-0.05, 0) is 42.7 Å². The molecule has 0 aliphatic heterocycles. The first-order chi connectivity index (χ1) is 12.5. The molecule has 0 radical (unpaired) electrons. The van der Waals surface area contributed by atoms with Crippen molar-refractivity contribution in [3.63, 3.8) is 0 Å². The third-order valence-electron chi connectivity index (χ3n) is 3.84. The summed E-state index contributed by atoms with van der Waals surface area (Å²) in [4.78, 5) is 27.9. The van der Waals surface area contributed by atoms with Crippen LogP contribution < -0.4 is 15.4 Å². The number of benzene rings is 1. The predicted molar refractivity (Wildman–Crippen MR) is 100 cm³/mol. The SMILES string of the molecule is CC(Oc1ccc(C(C)C)cc1)C(=O)NCCNC(=O)c1ccccn1. The number of hydrogen-bond donors (Lipinski definition) is 2. The van der Waals surface area contributed by atoms with Gasteiger partial charge >= 0.3 is 0 Å². The van der Waals surface area contributed by atoms with E-state index in [4.69, 9.17) is 4.74 Å². The van der Waals surface area contributed by atoms with E-state index in [9.17, 15) is 9.59 Å². The molecule has 2 amide bonds. The molecule has 1 unspecified atom stereocenters. The minimum absolute atomic E-state index is 0.231. The molecule has 2 aromatic rings. The van der Waals surface area contributed by atoms with Crippen molar-refractivity contribution in [2.24, 2.45) is 0 Å². The largest absolute Gasteiger partial charge is 0.481 e. The van der Waals surface area contributed by atoms with Gasteiger partial charge in [0.1, 0.15) is 11.4 Å². The van der Waals surface area contributed by atoms with Crippen LogP contribution in [0.4, 0.5) is 0 Å². The molecule has 2 rings (SSSR count). The number of carbonyl (C=O) groups is 2. The second kappa shape index (κ2) is 9.56. The summed E-state index contributed by atoms with van der Waals surface area (Å²) in [5.41, 5.74) is 1.57. The molecule has 0 aliphatic carbocycles. The summed E-state index contributed by atoms with van der Waals surface area (Å²) in [6, 6.07) is 12.9. The molecule has 2 N–H and O–H groups in total. The van der Waals surface area contributed by atoms with E-state index in [2.05, 4.69) is 29.5 Å². The highest BCUT2D eigenvalue weighted by atomic mass is 16.5. The van der Waals surface area contributed by atoms with E-state index in [1.165, 1.54) is 5.56 Å². The maximum Gasteiger partial charge on any atom is 0.269 e. The van der Waals surface area contributed by atoms with Crippen LogP contribution in [0, 0.1) is 0 Å². The smallest absolute Gasteiger partial charge is 0.269 e. The summed E-state index contributed by atoms with van der Waals surface area (Å²) in [6.45, 7) is 6.57. The van der Waals surface area contributed by atoms with Gasteiger partial charge < -0.3 is 15.4 Å². The number of hydrogen-bond acceptors (Lipinski definition) is 4. The molecule has 0 spiro atoms. The highest BCUT2D eigenvalue weighted by molar-refractivity contribution is 5.92. The minimum atomic E-state index is -0.619. The number of nitrogens with one attached hydrogen (secondary N) is 2. The lowest BCUT2D eigenvalue weighted by Crippen LogP contribution is -2.40. The summed E-state index contributed by atoms with van der Waals surface area (Å²) >= 11 is 0. The van der Waals surface area contributed by atoms with Crippen molar-refractivity contribution in [2.75, 3.05) is 13.1 Å². The Hall–Kier alpha value is -2.89. The standard InChI is InChI=1S/C20H25N3O3/c1-14(2)16-7-9-17(10-8-16)26-15(3)19(24)22-12-13-23-20(25)18-6-4-5-11-21-18/h4-11,14-15H,12-13H2,1-3H3,(H,22,24)(H,23,25). The molecule has 26 heavy (non-hydrogen) atoms. The summed E-state index contributed by atoms with van der Waals surface area (Å²) in [5, 5.41) is 5.44. The van der Waals surface area contributed by atoms with Crippen LogP contribution in [-0.2, 0) is 4.79 Å². The van der Waals surface area contributed by atoms with Crippen LogP contribution >= 0.6 is 0 Å². The van der Waals surface area contributed by atoms with Crippen LogP contribution in [0.3, 0.4) is 0 Å². The van der Waals surface area contributed by atoms with Crippen LogP contribution in [0.25, 0.3) is 0 Å². The summed E-state index contributed by atoms with van der Waals surface area (Å²) in [6.07, 6.45) is 0.940. The highest BCUT2D eigenvalue weighted by Gasteiger charge is 2.14. The van der Waals surface area contributed by atoms with Gasteiger partial charge in [-0.3, -0.25) is 14.6 Å². The predicted octanol–water partition coefficient (Wildman–Crippen LogP) is 2.52. The molecular weight excluding hydrogens is 330 g/mol. The van der Waals surface area contributed by atoms with Gasteiger partial charge in [-0.2, -0.15) is 0 Å². The molecule has 0 saturated heterocycles. The molecule has 6 heteroatoms. The summed E-state index contributed by atoms with van der Waals surface area (Å²) in [7, 11) is 0. The van der Waals surface area contributed by atoms with Crippen LogP contribution in [0.5, 0.6) is 5.75 Å². The van der Waals surface area contributed by atoms with E-state index in [0.29, 0.717) is 30.5 Å². The zero-order chi connectivity index (χ0) is 18.9. The van der Waals surface area contributed by atoms with Gasteiger partial charge in [-0.25, -0.2) is 0 Å². The lowest BCUT2D eigenvalue weighted by atomic mass is 10.0. The van der Waals surface area contributed by atoms with Crippen molar-refractivity contribution in [1.82, 2.24) is 15.6 Å². The zero-order valence-corrected chi connectivity index (χ0v) is 15.4. The van der Waals surface area contributed by atoms with Gasteiger partial charge in [-0.1, -0.05) is 32.0 Å². The lowest BCUT2D eigenvalue weighted by Gasteiger charge is -2.15. The fourth-order valence-corrected chi connectivity index (χ4v) is 2.28. The third-order valence-corrected chi connectivity index (χ3v) is 3.84. The molecule has 138 valence electrons. The van der Waals surface area contributed by atoms with Gasteiger partial charge in [0.25, 0.3) is 11.8 Å². The fraction of sp³-hybridized carbons (Fsp3) is 0.350. The highest BCUT2D eigenvalue weighted by Crippen LogP contribution is 2.19. The fourth-order valence-electron chi connectivity index (χ4n) is 2.28. The third kappa shape index (κ3) is 5.88. The Bertz CT molecular complexity index is 715. The molecule has 0 saturated carbocycles. The number of ether oxygens (including phenoxy) is 1. The van der Waals surface area contributed by atoms with E-state index in [1.54, 1.807) is 31.3 Å². The Labute approximate surface area is 154 Å². The zero-order valence-electron chi connectivity index (χ0n) is 15.4. The number of nitrogens with zero attached hydrogens (tertiary/aromatic N) is 1. The molecule has 6 nitrogen and oxygen atoms in total. The first-order valence-electron chi connectivity index (χ1n) is 8.71. The number of pyridine rings is 1. The van der Waals surface area contributed by atoms with Gasteiger partial charge in [0.2, 0.25) is 0 Å². The van der Waals surface area contributed by atoms with E-state index >= 15 is 0 Å². The Morgan fingerprint density at radius 3 is 2.31 bits per heavy atom. The van der Waals surface area contributed by atoms with E-state index in [-0.39, 0.29) is 11.8 Å². The van der Waals surface area contributed by atoms with Gasteiger partial charge in [0.15, 0.2) is 6.10 Å². The Morgan fingerprint density at radius 2 is 1.69 bits per heavy atom. The molecule has 0 bridgehead atoms. The van der Waals surface area contributed by atoms with Gasteiger partial charge in [-0.15, -0.1) is 0 Å². The van der Waals surface area contributed by atoms with E-state index in [0.717, 1.165) is 0 Å². The minimum Gasteiger partial charge on any atom is -0.481 e. The average molecular weight is 355 g/mol. The molecule has 0 fully saturated rings. The van der Waals surface area contributed by atoms with E-state index < -0.39 is 6.10 Å². The topological polar surface area (TPSA) is 80.3 Å². The summed E-state index contributed by atoms with van der Waals surface area (Å²) < 4.78 is 5.65. The van der Waals surface area contributed by atoms with Crippen LogP contribution in [-0.4, -0.2) is 36.0 Å². The van der Waals surface area contributed by atoms with Crippen molar-refractivity contribution in [3.05, 3.63) is 59.9 Å². The number of amides is 2. The Balaban J connectivity index is 1.71. The molecular formula is C20H25N3O3. The number of rotatable bonds is 8. The lowest BCUT2D eigenvalue weighted by molar-refractivity contribution is -0.127. The number of aromatic nitrogens is 1. The number of carbonyl (C=O) groups excluding carboxylic acids is 2. The average Bonchev–Trinajstić information content (AvgIpc) is 2.66. The molecule has 1 aromatic heterocycles. The molecule has 0 aliphatic rings. The van der Waals surface area contributed by atoms with Crippen LogP contribution in [0.15, 0.2) is 48.7 Å². The molecule has 1 heterocycles. The van der Waals surface area contributed by atoms with Crippen molar-refractivity contribution in [1.29, 1.82) is 0 Å². The van der Waals surface area contributed by atoms with Crippen molar-refractivity contribution in [3.8, 4) is 5.75 Å². The van der Waals surface area contributed by atoms with E-state index in [1.807, 2.05) is 24.3 Å². The Morgan fingerprint density at radius 1 is 1.00 bits per heavy atom.